The summed E-state index contributed by atoms with van der Waals surface area (Å²) in [5.41, 5.74) is 1.09. The van der Waals surface area contributed by atoms with Crippen LogP contribution in [0.4, 0.5) is 4.79 Å². The van der Waals surface area contributed by atoms with Crippen LogP contribution in [0, 0.1) is 17.8 Å². The van der Waals surface area contributed by atoms with Crippen molar-refractivity contribution >= 4 is 11.9 Å². The minimum absolute atomic E-state index is 0.107. The molecule has 3 rings (SSSR count). The number of carbonyl (C=O) groups is 2. The topological polar surface area (TPSA) is 79.9 Å². The first kappa shape index (κ1) is 22.4. The first-order chi connectivity index (χ1) is 14.4. The Morgan fingerprint density at radius 3 is 2.57 bits per heavy atom. The number of nitrogens with one attached hydrogen (secondary N) is 2. The lowest BCUT2D eigenvalue weighted by molar-refractivity contribution is -0.120. The highest BCUT2D eigenvalue weighted by molar-refractivity contribution is 5.95. The van der Waals surface area contributed by atoms with Crippen LogP contribution in [0.1, 0.15) is 38.2 Å². The lowest BCUT2D eigenvalue weighted by Gasteiger charge is -2.28. The van der Waals surface area contributed by atoms with E-state index in [1.165, 1.54) is 25.7 Å². The zero-order valence-corrected chi connectivity index (χ0v) is 18.6. The van der Waals surface area contributed by atoms with E-state index in [0.29, 0.717) is 24.0 Å². The van der Waals surface area contributed by atoms with Gasteiger partial charge in [-0.1, -0.05) is 12.5 Å². The summed E-state index contributed by atoms with van der Waals surface area (Å²) in [6.45, 7) is 2.92. The van der Waals surface area contributed by atoms with Crippen molar-refractivity contribution in [3.8, 4) is 11.5 Å². The molecule has 1 aromatic rings. The zero-order chi connectivity index (χ0) is 21.7. The molecular formula is C23H35N3O4. The molecule has 2 saturated carbocycles. The zero-order valence-electron chi connectivity index (χ0n) is 18.6. The quantitative estimate of drug-likeness (QED) is 0.646. The summed E-state index contributed by atoms with van der Waals surface area (Å²) in [5, 5.41) is 5.45. The summed E-state index contributed by atoms with van der Waals surface area (Å²) in [5.74, 6) is 3.23. The van der Waals surface area contributed by atoms with Gasteiger partial charge in [-0.3, -0.25) is 15.0 Å². The number of rotatable bonds is 9. The highest BCUT2D eigenvalue weighted by Crippen LogP contribution is 2.49. The Balaban J connectivity index is 1.38. The Morgan fingerprint density at radius 1 is 1.17 bits per heavy atom. The van der Waals surface area contributed by atoms with Gasteiger partial charge in [0.2, 0.25) is 5.91 Å². The molecule has 2 bridgehead atoms. The molecular weight excluding hydrogens is 382 g/mol. The van der Waals surface area contributed by atoms with E-state index in [2.05, 4.69) is 17.6 Å². The second kappa shape index (κ2) is 10.2. The standard InChI is InChI=1S/C23H35N3O4/c1-15(19-12-17-5-7-18(19)11-17)24-23(28)25-22(27)14-26(2)10-9-16-6-8-20(29-3)21(13-16)30-4/h6,8,13,15,17-19H,5,7,9-12,14H2,1-4H3,(H2,24,25,27,28). The van der Waals surface area contributed by atoms with Gasteiger partial charge in [-0.2, -0.15) is 0 Å². The molecule has 0 radical (unpaired) electrons. The van der Waals surface area contributed by atoms with Gasteiger partial charge in [0.15, 0.2) is 11.5 Å². The predicted molar refractivity (Wildman–Crippen MR) is 116 cm³/mol. The molecule has 0 aliphatic heterocycles. The van der Waals surface area contributed by atoms with Crippen LogP contribution in [0.15, 0.2) is 18.2 Å². The van der Waals surface area contributed by atoms with E-state index in [4.69, 9.17) is 9.47 Å². The summed E-state index contributed by atoms with van der Waals surface area (Å²) >= 11 is 0. The fourth-order valence-electron chi connectivity index (χ4n) is 5.10. The van der Waals surface area contributed by atoms with Gasteiger partial charge in [0.25, 0.3) is 0 Å². The molecule has 2 fully saturated rings. The average Bonchev–Trinajstić information content (AvgIpc) is 3.35. The van der Waals surface area contributed by atoms with E-state index in [1.54, 1.807) is 14.2 Å². The van der Waals surface area contributed by atoms with Crippen molar-refractivity contribution in [2.24, 2.45) is 17.8 Å². The van der Waals surface area contributed by atoms with Crippen LogP contribution >= 0.6 is 0 Å². The number of fused-ring (bicyclic) bond motifs is 2. The number of ether oxygens (including phenoxy) is 2. The molecule has 2 aliphatic rings. The summed E-state index contributed by atoms with van der Waals surface area (Å²) < 4.78 is 10.6. The van der Waals surface area contributed by atoms with E-state index >= 15 is 0 Å². The van der Waals surface area contributed by atoms with E-state index in [1.807, 2.05) is 30.1 Å². The second-order valence-electron chi connectivity index (χ2n) is 8.83. The predicted octanol–water partition coefficient (Wildman–Crippen LogP) is 2.83. The van der Waals surface area contributed by atoms with Gasteiger partial charge in [-0.25, -0.2) is 4.79 Å². The largest absolute Gasteiger partial charge is 0.493 e. The lowest BCUT2D eigenvalue weighted by atomic mass is 9.84. The van der Waals surface area contributed by atoms with Crippen LogP contribution in [0.2, 0.25) is 0 Å². The van der Waals surface area contributed by atoms with Crippen LogP contribution in [-0.2, 0) is 11.2 Å². The first-order valence-electron chi connectivity index (χ1n) is 10.9. The second-order valence-corrected chi connectivity index (χ2v) is 8.83. The number of benzene rings is 1. The first-order valence-corrected chi connectivity index (χ1v) is 10.9. The van der Waals surface area contributed by atoms with Gasteiger partial charge in [0.1, 0.15) is 0 Å². The minimum Gasteiger partial charge on any atom is -0.493 e. The molecule has 0 aromatic heterocycles. The van der Waals surface area contributed by atoms with E-state index < -0.39 is 0 Å². The summed E-state index contributed by atoms with van der Waals surface area (Å²) in [6.07, 6.45) is 5.90. The van der Waals surface area contributed by atoms with Crippen molar-refractivity contribution in [3.05, 3.63) is 23.8 Å². The van der Waals surface area contributed by atoms with Crippen molar-refractivity contribution in [2.75, 3.05) is 34.4 Å². The fourth-order valence-corrected chi connectivity index (χ4v) is 5.10. The van der Waals surface area contributed by atoms with Gasteiger partial charge in [-0.15, -0.1) is 0 Å². The van der Waals surface area contributed by atoms with Crippen molar-refractivity contribution in [2.45, 2.75) is 45.1 Å². The van der Waals surface area contributed by atoms with Gasteiger partial charge < -0.3 is 14.8 Å². The number of carbonyl (C=O) groups excluding carboxylic acids is 2. The maximum atomic E-state index is 12.2. The normalized spacial score (nSPS) is 23.3. The molecule has 7 heteroatoms. The molecule has 3 amide bonds. The SMILES string of the molecule is COc1ccc(CCN(C)CC(=O)NC(=O)NC(C)C2CC3CCC2C3)cc1OC. The highest BCUT2D eigenvalue weighted by atomic mass is 16.5. The molecule has 2 N–H and O–H groups in total. The molecule has 0 spiro atoms. The average molecular weight is 418 g/mol. The summed E-state index contributed by atoms with van der Waals surface area (Å²) in [7, 11) is 5.09. The number of methoxy groups -OCH3 is 2. The molecule has 4 unspecified atom stereocenters. The lowest BCUT2D eigenvalue weighted by Crippen LogP contribution is -2.49. The molecule has 0 heterocycles. The fraction of sp³-hybridized carbons (Fsp3) is 0.652. The Hall–Kier alpha value is -2.28. The number of urea groups is 1. The van der Waals surface area contributed by atoms with E-state index in [9.17, 15) is 9.59 Å². The van der Waals surface area contributed by atoms with Crippen LogP contribution < -0.4 is 20.1 Å². The monoisotopic (exact) mass is 417 g/mol. The van der Waals surface area contributed by atoms with Gasteiger partial charge in [0.05, 0.1) is 20.8 Å². The maximum absolute atomic E-state index is 12.2. The number of imide groups is 1. The van der Waals surface area contributed by atoms with Gasteiger partial charge in [0, 0.05) is 12.6 Å². The van der Waals surface area contributed by atoms with Gasteiger partial charge in [-0.05, 0) is 75.1 Å². The number of hydrogen-bond donors (Lipinski definition) is 2. The highest BCUT2D eigenvalue weighted by Gasteiger charge is 2.42. The van der Waals surface area contributed by atoms with Crippen LogP contribution in [0.25, 0.3) is 0 Å². The number of hydrogen-bond acceptors (Lipinski definition) is 5. The molecule has 1 aromatic carbocycles. The van der Waals surface area contributed by atoms with Crippen molar-refractivity contribution in [3.63, 3.8) is 0 Å². The van der Waals surface area contributed by atoms with Crippen molar-refractivity contribution < 1.29 is 19.1 Å². The Morgan fingerprint density at radius 2 is 1.93 bits per heavy atom. The van der Waals surface area contributed by atoms with Crippen molar-refractivity contribution in [1.82, 2.24) is 15.5 Å². The van der Waals surface area contributed by atoms with E-state index in [0.717, 1.165) is 23.8 Å². The van der Waals surface area contributed by atoms with Crippen LogP contribution in [-0.4, -0.2) is 57.2 Å². The maximum Gasteiger partial charge on any atom is 0.321 e. The summed E-state index contributed by atoms with van der Waals surface area (Å²) in [6, 6.07) is 5.53. The van der Waals surface area contributed by atoms with Gasteiger partial charge >= 0.3 is 6.03 Å². The Kier molecular flexibility index (Phi) is 7.58. The third kappa shape index (κ3) is 5.65. The molecule has 7 nitrogen and oxygen atoms in total. The van der Waals surface area contributed by atoms with Crippen molar-refractivity contribution in [1.29, 1.82) is 0 Å². The molecule has 166 valence electrons. The number of likely N-dealkylation sites (N-methyl/N-ethyl adjacent to an activating group) is 1. The molecule has 30 heavy (non-hydrogen) atoms. The Bertz CT molecular complexity index is 754. The minimum atomic E-state index is -0.386. The smallest absolute Gasteiger partial charge is 0.321 e. The molecule has 2 aliphatic carbocycles. The Labute approximate surface area is 179 Å². The summed E-state index contributed by atoms with van der Waals surface area (Å²) in [4.78, 5) is 26.4. The number of nitrogens with zero attached hydrogens (tertiary/aromatic N) is 1. The van der Waals surface area contributed by atoms with E-state index in [-0.39, 0.29) is 24.5 Å². The number of amides is 3. The van der Waals surface area contributed by atoms with Crippen LogP contribution in [0.3, 0.4) is 0 Å². The molecule has 0 saturated heterocycles. The molecule has 4 atom stereocenters. The third-order valence-corrected chi connectivity index (χ3v) is 6.69. The van der Waals surface area contributed by atoms with Crippen LogP contribution in [0.5, 0.6) is 11.5 Å². The third-order valence-electron chi connectivity index (χ3n) is 6.69.